The number of fused-ring (bicyclic) bond motifs is 1. The Bertz CT molecular complexity index is 1200. The highest BCUT2D eigenvalue weighted by Gasteiger charge is 2.24. The Morgan fingerprint density at radius 2 is 1.59 bits per heavy atom. The minimum Gasteiger partial charge on any atom is -0.464 e. The molecule has 0 unspecified atom stereocenters. The van der Waals surface area contributed by atoms with Crippen LogP contribution in [0.2, 0.25) is 0 Å². The van der Waals surface area contributed by atoms with Crippen LogP contribution < -0.4 is 0 Å². The normalized spacial score (nSPS) is 11.6. The summed E-state index contributed by atoms with van der Waals surface area (Å²) >= 11 is 0. The molecule has 0 spiro atoms. The topological polar surface area (TPSA) is 77.6 Å². The molecule has 0 amide bonds. The maximum absolute atomic E-state index is 5.98. The molecule has 0 saturated carbocycles. The third-order valence-electron chi connectivity index (χ3n) is 4.12. The lowest BCUT2D eigenvalue weighted by Crippen LogP contribution is -1.84. The van der Waals surface area contributed by atoms with Gasteiger partial charge in [-0.1, -0.05) is 30.3 Å². The Labute approximate surface area is 153 Å². The second kappa shape index (κ2) is 6.42. The highest BCUT2D eigenvalue weighted by molar-refractivity contribution is 6.04. The summed E-state index contributed by atoms with van der Waals surface area (Å²) in [4.78, 5) is 13.2. The summed E-state index contributed by atoms with van der Waals surface area (Å²) in [5, 5.41) is 0.672. The molecular formula is C21H13N3O3. The van der Waals surface area contributed by atoms with E-state index in [1.54, 1.807) is 24.8 Å². The maximum Gasteiger partial charge on any atom is 0.232 e. The van der Waals surface area contributed by atoms with Crippen molar-refractivity contribution in [1.29, 1.82) is 0 Å². The number of rotatable bonds is 4. The molecule has 27 heavy (non-hydrogen) atoms. The maximum atomic E-state index is 5.98. The fraction of sp³-hybridized carbons (Fsp3) is 0. The summed E-state index contributed by atoms with van der Waals surface area (Å²) in [6.07, 6.45) is 6.39. The largest absolute Gasteiger partial charge is 0.464 e. The first-order valence-electron chi connectivity index (χ1n) is 8.34. The highest BCUT2D eigenvalue weighted by Crippen LogP contribution is 2.43. The van der Waals surface area contributed by atoms with Crippen LogP contribution in [0.15, 0.2) is 91.7 Å². The van der Waals surface area contributed by atoms with Crippen LogP contribution >= 0.6 is 0 Å². The number of hydrogen-bond acceptors (Lipinski definition) is 6. The molecule has 1 aromatic carbocycles. The Morgan fingerprint density at radius 1 is 0.815 bits per heavy atom. The number of hydrogen-bond donors (Lipinski definition) is 0. The lowest BCUT2D eigenvalue weighted by atomic mass is 10.1. The van der Waals surface area contributed by atoms with Gasteiger partial charge in [0.1, 0.15) is 12.1 Å². The van der Waals surface area contributed by atoms with Crippen LogP contribution in [0.3, 0.4) is 0 Å². The first kappa shape index (κ1) is 15.3. The fourth-order valence-electron chi connectivity index (χ4n) is 2.93. The molecule has 0 fully saturated rings. The second-order valence-electron chi connectivity index (χ2n) is 5.81. The molecular weight excluding hydrogens is 342 g/mol. The predicted octanol–water partition coefficient (Wildman–Crippen LogP) is 5.49. The average molecular weight is 355 g/mol. The van der Waals surface area contributed by atoms with Crippen LogP contribution in [0.5, 0.6) is 0 Å². The monoisotopic (exact) mass is 355 g/mol. The van der Waals surface area contributed by atoms with Gasteiger partial charge in [0.15, 0.2) is 17.3 Å². The van der Waals surface area contributed by atoms with Gasteiger partial charge in [0.2, 0.25) is 5.71 Å². The molecule has 0 aliphatic heterocycles. The summed E-state index contributed by atoms with van der Waals surface area (Å²) in [6, 6.07) is 17.1. The van der Waals surface area contributed by atoms with Gasteiger partial charge in [0.05, 0.1) is 23.5 Å². The van der Waals surface area contributed by atoms with E-state index in [-0.39, 0.29) is 0 Å². The standard InChI is InChI=1S/C21H13N3O3/c1-2-6-14(7-3-1)12-22-20-18-17(15-8-4-10-25-15)19(16-9-5-11-26-16)27-21(18)24-13-23-20/h1-13H. The van der Waals surface area contributed by atoms with Gasteiger partial charge in [-0.25, -0.2) is 15.0 Å². The molecule has 5 aromatic rings. The summed E-state index contributed by atoms with van der Waals surface area (Å²) in [7, 11) is 0. The molecule has 4 aromatic heterocycles. The Hall–Kier alpha value is -3.93. The molecule has 0 bridgehead atoms. The van der Waals surface area contributed by atoms with Gasteiger partial charge < -0.3 is 13.3 Å². The predicted molar refractivity (Wildman–Crippen MR) is 101 cm³/mol. The molecule has 0 radical (unpaired) electrons. The van der Waals surface area contributed by atoms with Crippen LogP contribution in [0.4, 0.5) is 5.82 Å². The van der Waals surface area contributed by atoms with Crippen molar-refractivity contribution in [3.8, 4) is 22.8 Å². The molecule has 0 aliphatic rings. The number of furan rings is 3. The Kier molecular flexibility index (Phi) is 3.65. The lowest BCUT2D eigenvalue weighted by molar-refractivity contribution is 0.536. The van der Waals surface area contributed by atoms with E-state index < -0.39 is 0 Å². The van der Waals surface area contributed by atoms with Gasteiger partial charge in [-0.05, 0) is 29.8 Å². The van der Waals surface area contributed by atoms with E-state index in [1.165, 1.54) is 6.33 Å². The number of benzene rings is 1. The summed E-state index contributed by atoms with van der Waals surface area (Å²) < 4.78 is 17.1. The van der Waals surface area contributed by atoms with Crippen LogP contribution in [-0.4, -0.2) is 16.2 Å². The zero-order valence-corrected chi connectivity index (χ0v) is 14.1. The first-order chi connectivity index (χ1) is 13.4. The highest BCUT2D eigenvalue weighted by atomic mass is 16.4. The molecule has 4 heterocycles. The van der Waals surface area contributed by atoms with E-state index in [1.807, 2.05) is 48.5 Å². The quantitative estimate of drug-likeness (QED) is 0.398. The van der Waals surface area contributed by atoms with Crippen molar-refractivity contribution in [2.45, 2.75) is 0 Å². The van der Waals surface area contributed by atoms with E-state index in [0.29, 0.717) is 39.8 Å². The zero-order chi connectivity index (χ0) is 18.1. The molecule has 5 rings (SSSR count). The fourth-order valence-corrected chi connectivity index (χ4v) is 2.93. The average Bonchev–Trinajstić information content (AvgIpc) is 3.46. The molecule has 6 heteroatoms. The molecule has 6 nitrogen and oxygen atoms in total. The van der Waals surface area contributed by atoms with Crippen molar-refractivity contribution in [2.75, 3.05) is 0 Å². The molecule has 130 valence electrons. The van der Waals surface area contributed by atoms with E-state index >= 15 is 0 Å². The van der Waals surface area contributed by atoms with E-state index in [4.69, 9.17) is 13.3 Å². The van der Waals surface area contributed by atoms with Gasteiger partial charge in [0.25, 0.3) is 0 Å². The van der Waals surface area contributed by atoms with Gasteiger partial charge in [-0.15, -0.1) is 0 Å². The van der Waals surface area contributed by atoms with E-state index in [9.17, 15) is 0 Å². The van der Waals surface area contributed by atoms with E-state index in [2.05, 4.69) is 15.0 Å². The first-order valence-corrected chi connectivity index (χ1v) is 8.34. The number of aliphatic imine (C=N–C) groups is 1. The SMILES string of the molecule is C(=Nc1ncnc2oc(-c3ccco3)c(-c3ccco3)c12)c1ccccc1. The minimum atomic E-state index is 0.419. The van der Waals surface area contributed by atoms with Gasteiger partial charge in [-0.2, -0.15) is 0 Å². The summed E-state index contributed by atoms with van der Waals surface area (Å²) in [5.41, 5.74) is 2.10. The van der Waals surface area contributed by atoms with Crippen molar-refractivity contribution in [1.82, 2.24) is 9.97 Å². The smallest absolute Gasteiger partial charge is 0.232 e. The number of nitrogens with zero attached hydrogens (tertiary/aromatic N) is 3. The van der Waals surface area contributed by atoms with Crippen molar-refractivity contribution in [3.05, 3.63) is 79.0 Å². The van der Waals surface area contributed by atoms with Crippen molar-refractivity contribution in [3.63, 3.8) is 0 Å². The third kappa shape index (κ3) is 2.73. The molecule has 0 N–H and O–H groups in total. The van der Waals surface area contributed by atoms with Crippen molar-refractivity contribution >= 4 is 23.1 Å². The Morgan fingerprint density at radius 3 is 2.33 bits per heavy atom. The lowest BCUT2D eigenvalue weighted by Gasteiger charge is -1.99. The van der Waals surface area contributed by atoms with Crippen LogP contribution in [0, 0.1) is 0 Å². The Balaban J connectivity index is 1.75. The van der Waals surface area contributed by atoms with Gasteiger partial charge in [-0.3, -0.25) is 0 Å². The molecule has 0 aliphatic carbocycles. The molecule has 0 saturated heterocycles. The number of aromatic nitrogens is 2. The van der Waals surface area contributed by atoms with Crippen molar-refractivity contribution < 1.29 is 13.3 Å². The van der Waals surface area contributed by atoms with Crippen LogP contribution in [0.25, 0.3) is 33.9 Å². The van der Waals surface area contributed by atoms with Gasteiger partial charge in [0, 0.05) is 6.21 Å². The van der Waals surface area contributed by atoms with Crippen molar-refractivity contribution in [2.24, 2.45) is 4.99 Å². The second-order valence-corrected chi connectivity index (χ2v) is 5.81. The van der Waals surface area contributed by atoms with Gasteiger partial charge >= 0.3 is 0 Å². The van der Waals surface area contributed by atoms with Crippen LogP contribution in [-0.2, 0) is 0 Å². The summed E-state index contributed by atoms with van der Waals surface area (Å²) in [5.74, 6) is 2.24. The molecule has 0 atom stereocenters. The summed E-state index contributed by atoms with van der Waals surface area (Å²) in [6.45, 7) is 0. The van der Waals surface area contributed by atoms with E-state index in [0.717, 1.165) is 5.56 Å². The third-order valence-corrected chi connectivity index (χ3v) is 4.12. The van der Waals surface area contributed by atoms with Crippen LogP contribution in [0.1, 0.15) is 5.56 Å². The minimum absolute atomic E-state index is 0.419. The zero-order valence-electron chi connectivity index (χ0n) is 14.1.